The number of rotatable bonds is 5. The highest BCUT2D eigenvalue weighted by Crippen LogP contribution is 2.19. The molecule has 0 radical (unpaired) electrons. The summed E-state index contributed by atoms with van der Waals surface area (Å²) in [6.45, 7) is 9.98. The summed E-state index contributed by atoms with van der Waals surface area (Å²) in [6.07, 6.45) is 6.59. The second-order valence-corrected chi connectivity index (χ2v) is 5.46. The first-order chi connectivity index (χ1) is 8.87. The summed E-state index contributed by atoms with van der Waals surface area (Å²) >= 11 is 0. The molecule has 0 aromatic carbocycles. The first kappa shape index (κ1) is 15.5. The highest BCUT2D eigenvalue weighted by molar-refractivity contribution is 5.48. The van der Waals surface area contributed by atoms with E-state index in [1.165, 1.54) is 12.3 Å². The second-order valence-electron chi connectivity index (χ2n) is 5.46. The van der Waals surface area contributed by atoms with E-state index in [9.17, 15) is 4.39 Å². The van der Waals surface area contributed by atoms with E-state index in [0.29, 0.717) is 13.1 Å². The molecule has 0 atom stereocenters. The predicted octanol–water partition coefficient (Wildman–Crippen LogP) is 2.57. The van der Waals surface area contributed by atoms with Crippen LogP contribution in [0.3, 0.4) is 0 Å². The molecule has 0 fully saturated rings. The molecule has 0 bridgehead atoms. The van der Waals surface area contributed by atoms with Gasteiger partial charge in [0.15, 0.2) is 0 Å². The van der Waals surface area contributed by atoms with Crippen LogP contribution in [0.4, 0.5) is 10.2 Å². The fraction of sp³-hybridized carbons (Fsp3) is 0.533. The molecule has 1 aromatic heterocycles. The van der Waals surface area contributed by atoms with E-state index in [2.05, 4.69) is 37.0 Å². The Bertz CT molecular complexity index is 457. The van der Waals surface area contributed by atoms with Crippen LogP contribution in [-0.2, 0) is 6.54 Å². The maximum absolute atomic E-state index is 13.4. The van der Waals surface area contributed by atoms with Crippen LogP contribution < -0.4 is 10.2 Å². The fourth-order valence-electron chi connectivity index (χ4n) is 1.70. The molecule has 0 aliphatic rings. The Morgan fingerprint density at radius 2 is 2.16 bits per heavy atom. The van der Waals surface area contributed by atoms with Crippen molar-refractivity contribution in [1.29, 1.82) is 0 Å². The van der Waals surface area contributed by atoms with Crippen molar-refractivity contribution in [1.82, 2.24) is 10.3 Å². The van der Waals surface area contributed by atoms with Crippen molar-refractivity contribution in [3.63, 3.8) is 0 Å². The van der Waals surface area contributed by atoms with Gasteiger partial charge >= 0.3 is 0 Å². The minimum atomic E-state index is -0.328. The second kappa shape index (κ2) is 6.53. The molecular formula is C15H22FN3. The molecule has 1 N–H and O–H groups in total. The van der Waals surface area contributed by atoms with Crippen LogP contribution in [0, 0.1) is 18.2 Å². The zero-order valence-electron chi connectivity index (χ0n) is 12.1. The average molecular weight is 263 g/mol. The first-order valence-electron chi connectivity index (χ1n) is 6.45. The topological polar surface area (TPSA) is 28.2 Å². The number of halogens is 1. The standard InChI is InChI=1S/C15H22FN3/c1-6-8-19(7-2)14-12(9-13(16)11-17-14)10-18-15(3,4)5/h1,9,11,18H,7-8,10H2,2-5H3. The van der Waals surface area contributed by atoms with Crippen LogP contribution >= 0.6 is 0 Å². The van der Waals surface area contributed by atoms with Gasteiger partial charge in [0.1, 0.15) is 11.6 Å². The molecule has 3 nitrogen and oxygen atoms in total. The van der Waals surface area contributed by atoms with Crippen molar-refractivity contribution in [2.75, 3.05) is 18.0 Å². The van der Waals surface area contributed by atoms with Gasteiger partial charge in [-0.3, -0.25) is 0 Å². The van der Waals surface area contributed by atoms with Crippen LogP contribution in [0.2, 0.25) is 0 Å². The van der Waals surface area contributed by atoms with Gasteiger partial charge in [0, 0.05) is 24.2 Å². The lowest BCUT2D eigenvalue weighted by Crippen LogP contribution is -2.36. The van der Waals surface area contributed by atoms with Crippen LogP contribution in [0.15, 0.2) is 12.3 Å². The third-order valence-corrected chi connectivity index (χ3v) is 2.68. The van der Waals surface area contributed by atoms with Crippen molar-refractivity contribution in [2.45, 2.75) is 39.8 Å². The molecule has 0 unspecified atom stereocenters. The maximum Gasteiger partial charge on any atom is 0.141 e. The summed E-state index contributed by atoms with van der Waals surface area (Å²) in [5, 5.41) is 3.34. The van der Waals surface area contributed by atoms with Gasteiger partial charge in [0.2, 0.25) is 0 Å². The van der Waals surface area contributed by atoms with Gasteiger partial charge in [-0.15, -0.1) is 6.42 Å². The third-order valence-electron chi connectivity index (χ3n) is 2.68. The Labute approximate surface area is 115 Å². The van der Waals surface area contributed by atoms with Crippen molar-refractivity contribution >= 4 is 5.82 Å². The molecule has 1 heterocycles. The monoisotopic (exact) mass is 263 g/mol. The molecule has 0 aliphatic heterocycles. The number of terminal acetylenes is 1. The predicted molar refractivity (Wildman–Crippen MR) is 77.5 cm³/mol. The average Bonchev–Trinajstić information content (AvgIpc) is 2.33. The van der Waals surface area contributed by atoms with Gasteiger partial charge in [-0.25, -0.2) is 9.37 Å². The van der Waals surface area contributed by atoms with Gasteiger partial charge in [-0.05, 0) is 33.8 Å². The van der Waals surface area contributed by atoms with E-state index >= 15 is 0 Å². The summed E-state index contributed by atoms with van der Waals surface area (Å²) in [4.78, 5) is 6.14. The van der Waals surface area contributed by atoms with Gasteiger partial charge < -0.3 is 10.2 Å². The highest BCUT2D eigenvalue weighted by atomic mass is 19.1. The first-order valence-corrected chi connectivity index (χ1v) is 6.45. The molecule has 19 heavy (non-hydrogen) atoms. The molecule has 4 heteroatoms. The number of hydrogen-bond acceptors (Lipinski definition) is 3. The zero-order chi connectivity index (χ0) is 14.5. The van der Waals surface area contributed by atoms with Crippen molar-refractivity contribution in [3.05, 3.63) is 23.6 Å². The normalized spacial score (nSPS) is 11.2. The number of anilines is 1. The molecule has 0 saturated heterocycles. The molecule has 0 saturated carbocycles. The lowest BCUT2D eigenvalue weighted by atomic mass is 10.1. The van der Waals surface area contributed by atoms with Gasteiger partial charge in [-0.1, -0.05) is 5.92 Å². The van der Waals surface area contributed by atoms with Crippen LogP contribution in [-0.4, -0.2) is 23.6 Å². The van der Waals surface area contributed by atoms with Crippen molar-refractivity contribution in [3.8, 4) is 12.3 Å². The van der Waals surface area contributed by atoms with Gasteiger partial charge in [0.25, 0.3) is 0 Å². The fourth-order valence-corrected chi connectivity index (χ4v) is 1.70. The minimum absolute atomic E-state index is 0.0350. The Hall–Kier alpha value is -1.60. The number of aromatic nitrogens is 1. The number of nitrogens with zero attached hydrogens (tertiary/aromatic N) is 2. The molecule has 0 aliphatic carbocycles. The van der Waals surface area contributed by atoms with Gasteiger partial charge in [-0.2, -0.15) is 0 Å². The van der Waals surface area contributed by atoms with E-state index in [0.717, 1.165) is 17.9 Å². The largest absolute Gasteiger partial charge is 0.345 e. The van der Waals surface area contributed by atoms with Crippen LogP contribution in [0.25, 0.3) is 0 Å². The van der Waals surface area contributed by atoms with Crippen LogP contribution in [0.5, 0.6) is 0 Å². The lowest BCUT2D eigenvalue weighted by Gasteiger charge is -2.25. The van der Waals surface area contributed by atoms with E-state index in [1.54, 1.807) is 0 Å². The summed E-state index contributed by atoms with van der Waals surface area (Å²) in [5.74, 6) is 3.02. The van der Waals surface area contributed by atoms with Crippen molar-refractivity contribution in [2.24, 2.45) is 0 Å². The highest BCUT2D eigenvalue weighted by Gasteiger charge is 2.15. The number of nitrogens with one attached hydrogen (secondary N) is 1. The maximum atomic E-state index is 13.4. The minimum Gasteiger partial charge on any atom is -0.345 e. The van der Waals surface area contributed by atoms with Crippen LogP contribution in [0.1, 0.15) is 33.3 Å². The molecule has 104 valence electrons. The van der Waals surface area contributed by atoms with E-state index in [4.69, 9.17) is 6.42 Å². The molecule has 1 rings (SSSR count). The zero-order valence-corrected chi connectivity index (χ0v) is 12.1. The molecule has 0 spiro atoms. The van der Waals surface area contributed by atoms with Crippen molar-refractivity contribution < 1.29 is 4.39 Å². The molecule has 1 aromatic rings. The number of hydrogen-bond donors (Lipinski definition) is 1. The Balaban J connectivity index is 3.00. The van der Waals surface area contributed by atoms with E-state index in [-0.39, 0.29) is 11.4 Å². The van der Waals surface area contributed by atoms with E-state index < -0.39 is 0 Å². The quantitative estimate of drug-likeness (QED) is 0.828. The molecular weight excluding hydrogens is 241 g/mol. The summed E-state index contributed by atoms with van der Waals surface area (Å²) in [6, 6.07) is 1.51. The Morgan fingerprint density at radius 3 is 2.68 bits per heavy atom. The van der Waals surface area contributed by atoms with E-state index in [1.807, 2.05) is 11.8 Å². The Morgan fingerprint density at radius 1 is 1.47 bits per heavy atom. The summed E-state index contributed by atoms with van der Waals surface area (Å²) < 4.78 is 13.4. The molecule has 0 amide bonds. The third kappa shape index (κ3) is 4.88. The smallest absolute Gasteiger partial charge is 0.141 e. The lowest BCUT2D eigenvalue weighted by molar-refractivity contribution is 0.423. The summed E-state index contributed by atoms with van der Waals surface area (Å²) in [7, 11) is 0. The SMILES string of the molecule is C#CCN(CC)c1ncc(F)cc1CNC(C)(C)C. The number of pyridine rings is 1. The van der Waals surface area contributed by atoms with Gasteiger partial charge in [0.05, 0.1) is 12.7 Å². The Kier molecular flexibility index (Phi) is 5.31. The summed E-state index contributed by atoms with van der Waals surface area (Å²) in [5.41, 5.74) is 0.791.